The van der Waals surface area contributed by atoms with Crippen molar-refractivity contribution in [2.24, 2.45) is 0 Å². The molecule has 0 aliphatic heterocycles. The summed E-state index contributed by atoms with van der Waals surface area (Å²) in [7, 11) is 0. The lowest BCUT2D eigenvalue weighted by Gasteiger charge is -2.05. The number of aryl methyl sites for hydroxylation is 1. The lowest BCUT2D eigenvalue weighted by molar-refractivity contribution is 0.102. The topological polar surface area (TPSA) is 55.1 Å². The Morgan fingerprint density at radius 1 is 1.13 bits per heavy atom. The van der Waals surface area contributed by atoms with Gasteiger partial charge in [-0.25, -0.2) is 0 Å². The van der Waals surface area contributed by atoms with Crippen LogP contribution in [0, 0.1) is 6.92 Å². The van der Waals surface area contributed by atoms with Crippen molar-refractivity contribution in [2.45, 2.75) is 6.92 Å². The Balaban J connectivity index is 1.74. The highest BCUT2D eigenvalue weighted by Crippen LogP contribution is 2.16. The van der Waals surface area contributed by atoms with Gasteiger partial charge in [0.05, 0.1) is 17.5 Å². The molecule has 1 aromatic carbocycles. The van der Waals surface area contributed by atoms with Crippen molar-refractivity contribution in [2.75, 3.05) is 5.32 Å². The van der Waals surface area contributed by atoms with E-state index in [2.05, 4.69) is 10.3 Å². The predicted octanol–water partition coefficient (Wildman–Crippen LogP) is 4.41. The molecule has 0 fully saturated rings. The molecule has 0 bridgehead atoms. The number of nitrogens with one attached hydrogen (secondary N) is 1. The Labute approximate surface area is 134 Å². The van der Waals surface area contributed by atoms with Crippen LogP contribution in [-0.2, 0) is 0 Å². The fourth-order valence-electron chi connectivity index (χ4n) is 2.20. The molecule has 0 radical (unpaired) electrons. The Bertz CT molecular complexity index is 835. The maximum absolute atomic E-state index is 12.2. The maximum atomic E-state index is 12.2. The van der Waals surface area contributed by atoms with Gasteiger partial charge in [-0.05, 0) is 48.9 Å². The molecule has 4 heteroatoms. The first kappa shape index (κ1) is 14.8. The van der Waals surface area contributed by atoms with E-state index in [0.29, 0.717) is 11.3 Å². The summed E-state index contributed by atoms with van der Waals surface area (Å²) in [5, 5.41) is 2.88. The van der Waals surface area contributed by atoms with Crippen molar-refractivity contribution in [1.82, 2.24) is 4.98 Å². The molecule has 1 N–H and O–H groups in total. The minimum Gasteiger partial charge on any atom is -0.469 e. The zero-order valence-corrected chi connectivity index (χ0v) is 12.7. The number of nitrogens with zero attached hydrogens (tertiary/aromatic N) is 1. The van der Waals surface area contributed by atoms with E-state index in [-0.39, 0.29) is 5.91 Å². The molecule has 3 aromatic rings. The van der Waals surface area contributed by atoms with Crippen LogP contribution in [0.2, 0.25) is 0 Å². The molecule has 114 valence electrons. The van der Waals surface area contributed by atoms with E-state index in [1.165, 1.54) is 6.26 Å². The molecule has 0 unspecified atom stereocenters. The third-order valence-electron chi connectivity index (χ3n) is 3.38. The average Bonchev–Trinajstić information content (AvgIpc) is 3.00. The highest BCUT2D eigenvalue weighted by molar-refractivity contribution is 6.05. The van der Waals surface area contributed by atoms with Gasteiger partial charge in [0.25, 0.3) is 5.91 Å². The van der Waals surface area contributed by atoms with Gasteiger partial charge in [-0.1, -0.05) is 24.3 Å². The number of carbonyl (C=O) groups is 1. The average molecular weight is 304 g/mol. The summed E-state index contributed by atoms with van der Waals surface area (Å²) in [6, 6.07) is 15.0. The minimum atomic E-state index is -0.179. The van der Waals surface area contributed by atoms with Crippen LogP contribution in [-0.4, -0.2) is 10.9 Å². The molecule has 3 rings (SSSR count). The highest BCUT2D eigenvalue weighted by Gasteiger charge is 2.11. The second-order valence-corrected chi connectivity index (χ2v) is 5.06. The third kappa shape index (κ3) is 3.74. The van der Waals surface area contributed by atoms with E-state index in [1.54, 1.807) is 19.2 Å². The van der Waals surface area contributed by atoms with E-state index in [4.69, 9.17) is 4.42 Å². The van der Waals surface area contributed by atoms with Crippen LogP contribution < -0.4 is 5.32 Å². The molecule has 1 amide bonds. The van der Waals surface area contributed by atoms with Gasteiger partial charge in [-0.3, -0.25) is 9.78 Å². The highest BCUT2D eigenvalue weighted by atomic mass is 16.3. The van der Waals surface area contributed by atoms with E-state index in [0.717, 1.165) is 16.9 Å². The molecule has 0 aliphatic carbocycles. The van der Waals surface area contributed by atoms with Gasteiger partial charge in [0.2, 0.25) is 0 Å². The van der Waals surface area contributed by atoms with Crippen LogP contribution in [0.1, 0.15) is 27.4 Å². The van der Waals surface area contributed by atoms with Gasteiger partial charge in [-0.2, -0.15) is 0 Å². The number of rotatable bonds is 4. The number of anilines is 1. The molecule has 0 aliphatic rings. The third-order valence-corrected chi connectivity index (χ3v) is 3.38. The summed E-state index contributed by atoms with van der Waals surface area (Å²) in [6.07, 6.45) is 7.15. The number of amides is 1. The molecule has 4 nitrogen and oxygen atoms in total. The Kier molecular flexibility index (Phi) is 4.34. The fraction of sp³-hybridized carbons (Fsp3) is 0.0526. The molecule has 2 aromatic heterocycles. The van der Waals surface area contributed by atoms with Crippen molar-refractivity contribution >= 4 is 23.7 Å². The number of benzene rings is 1. The van der Waals surface area contributed by atoms with Gasteiger partial charge in [0.1, 0.15) is 5.76 Å². The summed E-state index contributed by atoms with van der Waals surface area (Å²) in [5.74, 6) is 0.427. The minimum absolute atomic E-state index is 0.179. The molecular weight excluding hydrogens is 288 g/mol. The standard InChI is InChI=1S/C19H16N2O2/c1-14-18(10-12-23-14)19(22)21-17-7-4-5-15(13-17)8-9-16-6-2-3-11-20-16/h2-13H,1H3,(H,21,22). The lowest BCUT2D eigenvalue weighted by Crippen LogP contribution is -2.12. The SMILES string of the molecule is Cc1occc1C(=O)Nc1cccc(C=Cc2ccccn2)c1. The van der Waals surface area contributed by atoms with Crippen LogP contribution in [0.5, 0.6) is 0 Å². The second-order valence-electron chi connectivity index (χ2n) is 5.06. The molecule has 0 saturated carbocycles. The van der Waals surface area contributed by atoms with Gasteiger partial charge in [0, 0.05) is 11.9 Å². The van der Waals surface area contributed by atoms with Crippen LogP contribution in [0.15, 0.2) is 65.4 Å². The lowest BCUT2D eigenvalue weighted by atomic mass is 10.1. The molecule has 23 heavy (non-hydrogen) atoms. The fourth-order valence-corrected chi connectivity index (χ4v) is 2.20. The van der Waals surface area contributed by atoms with Crippen LogP contribution in [0.3, 0.4) is 0 Å². The normalized spacial score (nSPS) is 10.8. The van der Waals surface area contributed by atoms with Crippen molar-refractivity contribution in [3.05, 3.63) is 83.6 Å². The summed E-state index contributed by atoms with van der Waals surface area (Å²) >= 11 is 0. The molecule has 2 heterocycles. The molecular formula is C19H16N2O2. The number of aromatic nitrogens is 1. The summed E-state index contributed by atoms with van der Waals surface area (Å²) in [5.41, 5.74) is 3.14. The molecule has 0 saturated heterocycles. The first-order chi connectivity index (χ1) is 11.2. The van der Waals surface area contributed by atoms with E-state index >= 15 is 0 Å². The first-order valence-corrected chi connectivity index (χ1v) is 7.27. The quantitative estimate of drug-likeness (QED) is 0.777. The summed E-state index contributed by atoms with van der Waals surface area (Å²) in [6.45, 7) is 1.76. The van der Waals surface area contributed by atoms with E-state index in [1.807, 2.05) is 54.6 Å². The number of pyridine rings is 1. The second kappa shape index (κ2) is 6.75. The van der Waals surface area contributed by atoms with E-state index in [9.17, 15) is 4.79 Å². The number of hydrogen-bond donors (Lipinski definition) is 1. The van der Waals surface area contributed by atoms with Crippen molar-refractivity contribution in [3.8, 4) is 0 Å². The monoisotopic (exact) mass is 304 g/mol. The van der Waals surface area contributed by atoms with Crippen LogP contribution in [0.4, 0.5) is 5.69 Å². The van der Waals surface area contributed by atoms with Crippen LogP contribution >= 0.6 is 0 Å². The van der Waals surface area contributed by atoms with Crippen molar-refractivity contribution in [3.63, 3.8) is 0 Å². The zero-order chi connectivity index (χ0) is 16.1. The number of furan rings is 1. The van der Waals surface area contributed by atoms with Gasteiger partial charge < -0.3 is 9.73 Å². The molecule has 0 spiro atoms. The summed E-state index contributed by atoms with van der Waals surface area (Å²) in [4.78, 5) is 16.4. The summed E-state index contributed by atoms with van der Waals surface area (Å²) < 4.78 is 5.16. The first-order valence-electron chi connectivity index (χ1n) is 7.27. The number of hydrogen-bond acceptors (Lipinski definition) is 3. The van der Waals surface area contributed by atoms with Gasteiger partial charge in [0.15, 0.2) is 0 Å². The predicted molar refractivity (Wildman–Crippen MR) is 91.0 cm³/mol. The van der Waals surface area contributed by atoms with Crippen molar-refractivity contribution in [1.29, 1.82) is 0 Å². The Hall–Kier alpha value is -3.14. The van der Waals surface area contributed by atoms with Gasteiger partial charge >= 0.3 is 0 Å². The van der Waals surface area contributed by atoms with E-state index < -0.39 is 0 Å². The largest absolute Gasteiger partial charge is 0.469 e. The maximum Gasteiger partial charge on any atom is 0.259 e. The smallest absolute Gasteiger partial charge is 0.259 e. The molecule has 0 atom stereocenters. The van der Waals surface area contributed by atoms with Crippen LogP contribution in [0.25, 0.3) is 12.2 Å². The Morgan fingerprint density at radius 3 is 2.78 bits per heavy atom. The van der Waals surface area contributed by atoms with Crippen molar-refractivity contribution < 1.29 is 9.21 Å². The Morgan fingerprint density at radius 2 is 2.04 bits per heavy atom. The zero-order valence-electron chi connectivity index (χ0n) is 12.7. The number of carbonyl (C=O) groups excluding carboxylic acids is 1. The van der Waals surface area contributed by atoms with Gasteiger partial charge in [-0.15, -0.1) is 0 Å².